The van der Waals surface area contributed by atoms with Crippen LogP contribution < -0.4 is 0 Å². The van der Waals surface area contributed by atoms with Crippen LogP contribution in [0.15, 0.2) is 12.2 Å². The van der Waals surface area contributed by atoms with Gasteiger partial charge in [0.15, 0.2) is 0 Å². The lowest BCUT2D eigenvalue weighted by atomic mass is 10.0. The largest absolute Gasteiger partial charge is 0.513 e. The van der Waals surface area contributed by atoms with Crippen molar-refractivity contribution < 1.29 is 9.22 Å². The fraction of sp³-hybridized carbons (Fsp3) is 0.750. The number of hydrogen-bond acceptors (Lipinski definition) is 2. The Morgan fingerprint density at radius 1 is 1.47 bits per heavy atom. The van der Waals surface area contributed by atoms with E-state index in [0.29, 0.717) is 21.3 Å². The molecule has 0 saturated carbocycles. The van der Waals surface area contributed by atoms with Crippen molar-refractivity contribution in [3.05, 3.63) is 12.2 Å². The van der Waals surface area contributed by atoms with E-state index >= 15 is 0 Å². The van der Waals surface area contributed by atoms with Crippen LogP contribution in [0.1, 0.15) is 46.5 Å². The quantitative estimate of drug-likeness (QED) is 0.468. The summed E-state index contributed by atoms with van der Waals surface area (Å²) in [5.41, 5.74) is 0.490. The molecule has 0 bridgehead atoms. The maximum absolute atomic E-state index is 11.1. The van der Waals surface area contributed by atoms with Gasteiger partial charge in [0, 0.05) is 5.57 Å². The Morgan fingerprint density at radius 2 is 2.13 bits per heavy atom. The fourth-order valence-corrected chi connectivity index (χ4v) is 2.37. The summed E-state index contributed by atoms with van der Waals surface area (Å²) in [5.74, 6) is 0.458. The highest BCUT2D eigenvalue weighted by Gasteiger charge is 2.10. The first-order chi connectivity index (χ1) is 7.11. The first-order valence-electron chi connectivity index (χ1n) is 5.71. The van der Waals surface area contributed by atoms with Gasteiger partial charge in [0.1, 0.15) is 0 Å². The summed E-state index contributed by atoms with van der Waals surface area (Å²) >= 11 is 0. The van der Waals surface area contributed by atoms with Crippen LogP contribution in [-0.4, -0.2) is 15.7 Å². The molecule has 1 atom stereocenters. The SMILES string of the molecule is C=C(C)C(=O)O[Si]CC(CC)CCCC. The van der Waals surface area contributed by atoms with Crippen LogP contribution in [0.5, 0.6) is 0 Å². The molecule has 0 aliphatic rings. The van der Waals surface area contributed by atoms with E-state index in [0.717, 1.165) is 6.04 Å². The number of hydrogen-bond donors (Lipinski definition) is 0. The standard InChI is InChI=1S/C12H22O2Si/c1-5-7-8-11(6-2)9-15-14-12(13)10(3)4/h11H,3,5-9H2,1-2,4H3. The Balaban J connectivity index is 3.62. The van der Waals surface area contributed by atoms with Crippen molar-refractivity contribution in [2.24, 2.45) is 5.92 Å². The molecule has 0 N–H and O–H groups in total. The molecule has 0 aromatic heterocycles. The molecule has 1 unspecified atom stereocenters. The van der Waals surface area contributed by atoms with E-state index in [9.17, 15) is 4.79 Å². The highest BCUT2D eigenvalue weighted by Crippen LogP contribution is 2.16. The molecule has 0 rings (SSSR count). The van der Waals surface area contributed by atoms with E-state index in [-0.39, 0.29) is 5.97 Å². The van der Waals surface area contributed by atoms with Crippen molar-refractivity contribution in [2.45, 2.75) is 52.5 Å². The second kappa shape index (κ2) is 8.71. The van der Waals surface area contributed by atoms with Crippen molar-refractivity contribution >= 4 is 15.7 Å². The molecule has 0 aromatic carbocycles. The van der Waals surface area contributed by atoms with Gasteiger partial charge in [-0.25, -0.2) is 4.79 Å². The lowest BCUT2D eigenvalue weighted by Gasteiger charge is -2.12. The second-order valence-electron chi connectivity index (χ2n) is 3.93. The monoisotopic (exact) mass is 226 g/mol. The van der Waals surface area contributed by atoms with Crippen LogP contribution in [0.4, 0.5) is 0 Å². The predicted octanol–water partition coefficient (Wildman–Crippen LogP) is 3.36. The van der Waals surface area contributed by atoms with E-state index in [1.54, 1.807) is 6.92 Å². The zero-order valence-electron chi connectivity index (χ0n) is 10.1. The summed E-state index contributed by atoms with van der Waals surface area (Å²) in [6.07, 6.45) is 4.95. The van der Waals surface area contributed by atoms with E-state index in [4.69, 9.17) is 4.43 Å². The molecule has 0 aliphatic heterocycles. The second-order valence-corrected chi connectivity index (χ2v) is 4.84. The zero-order chi connectivity index (χ0) is 11.7. The topological polar surface area (TPSA) is 26.3 Å². The van der Waals surface area contributed by atoms with Gasteiger partial charge in [-0.2, -0.15) is 0 Å². The molecule has 0 heterocycles. The summed E-state index contributed by atoms with van der Waals surface area (Å²) in [6.45, 7) is 9.64. The van der Waals surface area contributed by atoms with Gasteiger partial charge in [-0.15, -0.1) is 0 Å². The minimum absolute atomic E-state index is 0.251. The van der Waals surface area contributed by atoms with Crippen LogP contribution >= 0.6 is 0 Å². The van der Waals surface area contributed by atoms with E-state index in [1.807, 2.05) is 0 Å². The van der Waals surface area contributed by atoms with Gasteiger partial charge in [0.25, 0.3) is 0 Å². The average molecular weight is 226 g/mol. The molecule has 0 aliphatic carbocycles. The maximum Gasteiger partial charge on any atom is 0.319 e. The van der Waals surface area contributed by atoms with Crippen LogP contribution in [0.25, 0.3) is 0 Å². The van der Waals surface area contributed by atoms with E-state index in [2.05, 4.69) is 20.4 Å². The van der Waals surface area contributed by atoms with Crippen molar-refractivity contribution in [2.75, 3.05) is 0 Å². The minimum atomic E-state index is -0.251. The average Bonchev–Trinajstić information content (AvgIpc) is 2.22. The van der Waals surface area contributed by atoms with Crippen molar-refractivity contribution in [1.82, 2.24) is 0 Å². The van der Waals surface area contributed by atoms with Crippen molar-refractivity contribution in [1.29, 1.82) is 0 Å². The third-order valence-electron chi connectivity index (χ3n) is 2.43. The lowest BCUT2D eigenvalue weighted by Crippen LogP contribution is -2.12. The normalized spacial score (nSPS) is 12.2. The molecule has 0 saturated heterocycles. The first-order valence-corrected chi connectivity index (χ1v) is 6.82. The maximum atomic E-state index is 11.1. The van der Waals surface area contributed by atoms with Crippen LogP contribution in [0, 0.1) is 5.92 Å². The van der Waals surface area contributed by atoms with Crippen LogP contribution in [0.3, 0.4) is 0 Å². The molecule has 86 valence electrons. The molecular weight excluding hydrogens is 204 g/mol. The molecule has 0 aromatic rings. The highest BCUT2D eigenvalue weighted by molar-refractivity contribution is 6.31. The third-order valence-corrected chi connectivity index (χ3v) is 3.50. The summed E-state index contributed by atoms with van der Waals surface area (Å²) < 4.78 is 5.11. The number of rotatable bonds is 8. The number of carbonyl (C=O) groups excluding carboxylic acids is 1. The Labute approximate surface area is 96.0 Å². The zero-order valence-corrected chi connectivity index (χ0v) is 11.1. The summed E-state index contributed by atoms with van der Waals surface area (Å²) in [4.78, 5) is 11.1. The van der Waals surface area contributed by atoms with Gasteiger partial charge in [-0.1, -0.05) is 46.1 Å². The molecule has 2 radical (unpaired) electrons. The highest BCUT2D eigenvalue weighted by atomic mass is 28.2. The number of unbranched alkanes of at least 4 members (excludes halogenated alkanes) is 1. The molecule has 0 fully saturated rings. The van der Waals surface area contributed by atoms with Gasteiger partial charge >= 0.3 is 15.7 Å². The molecule has 0 amide bonds. The molecular formula is C12H22O2Si. The summed E-state index contributed by atoms with van der Waals surface area (Å²) in [6, 6.07) is 1.01. The third kappa shape index (κ3) is 7.37. The van der Waals surface area contributed by atoms with E-state index in [1.165, 1.54) is 25.7 Å². The Kier molecular flexibility index (Phi) is 8.38. The van der Waals surface area contributed by atoms with Gasteiger partial charge in [0.05, 0.1) is 0 Å². The Bertz CT molecular complexity index is 202. The summed E-state index contributed by atoms with van der Waals surface area (Å²) in [7, 11) is 0.293. The Morgan fingerprint density at radius 3 is 2.60 bits per heavy atom. The molecule has 2 nitrogen and oxygen atoms in total. The molecule has 0 spiro atoms. The summed E-state index contributed by atoms with van der Waals surface area (Å²) in [5, 5.41) is 0. The predicted molar refractivity (Wildman–Crippen MR) is 64.8 cm³/mol. The number of carbonyl (C=O) groups is 1. The first kappa shape index (κ1) is 14.4. The molecule has 3 heteroatoms. The van der Waals surface area contributed by atoms with Gasteiger partial charge in [0.2, 0.25) is 0 Å². The smallest absolute Gasteiger partial charge is 0.319 e. The van der Waals surface area contributed by atoms with Gasteiger partial charge in [-0.05, 0) is 18.9 Å². The molecule has 15 heavy (non-hydrogen) atoms. The minimum Gasteiger partial charge on any atom is -0.513 e. The van der Waals surface area contributed by atoms with E-state index < -0.39 is 0 Å². The van der Waals surface area contributed by atoms with Crippen molar-refractivity contribution in [3.8, 4) is 0 Å². The Hall–Kier alpha value is -0.573. The fourth-order valence-electron chi connectivity index (χ4n) is 1.26. The van der Waals surface area contributed by atoms with Crippen LogP contribution in [0.2, 0.25) is 6.04 Å². The van der Waals surface area contributed by atoms with Gasteiger partial charge in [-0.3, -0.25) is 0 Å². The van der Waals surface area contributed by atoms with Gasteiger partial charge < -0.3 is 4.43 Å². The van der Waals surface area contributed by atoms with Crippen LogP contribution in [-0.2, 0) is 9.22 Å². The lowest BCUT2D eigenvalue weighted by molar-refractivity contribution is -0.130. The van der Waals surface area contributed by atoms with Crippen molar-refractivity contribution in [3.63, 3.8) is 0 Å².